The first kappa shape index (κ1) is 16.5. The van der Waals surface area contributed by atoms with Gasteiger partial charge in [0, 0.05) is 0 Å². The smallest absolute Gasteiger partial charge is 0.420 e. The van der Waals surface area contributed by atoms with Crippen LogP contribution in [0.5, 0.6) is 5.75 Å². The number of alkyl halides is 8. The molecule has 0 aliphatic heterocycles. The van der Waals surface area contributed by atoms with E-state index in [1.807, 2.05) is 0 Å². The van der Waals surface area contributed by atoms with Gasteiger partial charge in [-0.1, -0.05) is 13.0 Å². The molecular formula is C11H8F8O. The lowest BCUT2D eigenvalue weighted by atomic mass is 9.99. The van der Waals surface area contributed by atoms with E-state index in [-0.39, 0.29) is 6.42 Å². The highest BCUT2D eigenvalue weighted by molar-refractivity contribution is 5.49. The summed E-state index contributed by atoms with van der Waals surface area (Å²) in [6.07, 6.45) is -10.8. The Hall–Kier alpha value is -1.54. The van der Waals surface area contributed by atoms with Gasteiger partial charge in [-0.15, -0.1) is 0 Å². The molecule has 0 aliphatic rings. The molecule has 0 bridgehead atoms. The van der Waals surface area contributed by atoms with Crippen LogP contribution >= 0.6 is 0 Å². The topological polar surface area (TPSA) is 9.23 Å². The molecular weight excluding hydrogens is 300 g/mol. The molecule has 1 aromatic carbocycles. The molecule has 0 aliphatic carbocycles. The zero-order valence-electron chi connectivity index (χ0n) is 9.87. The molecule has 0 unspecified atom stereocenters. The normalized spacial score (nSPS) is 12.9. The third kappa shape index (κ3) is 3.51. The Morgan fingerprint density at radius 1 is 1.00 bits per heavy atom. The molecule has 1 aromatic rings. The maximum atomic E-state index is 12.8. The van der Waals surface area contributed by atoms with Crippen LogP contribution < -0.4 is 4.74 Å². The van der Waals surface area contributed by atoms with Crippen LogP contribution in [0.1, 0.15) is 23.6 Å². The molecule has 0 N–H and O–H groups in total. The predicted octanol–water partition coefficient (Wildman–Crippen LogP) is 4.89. The highest BCUT2D eigenvalue weighted by Gasteiger charge is 2.44. The van der Waals surface area contributed by atoms with Gasteiger partial charge < -0.3 is 4.74 Å². The molecule has 0 heterocycles. The van der Waals surface area contributed by atoms with Crippen LogP contribution in [-0.2, 0) is 18.8 Å². The third-order valence-electron chi connectivity index (χ3n) is 2.42. The maximum Gasteiger partial charge on any atom is 0.420 e. The van der Waals surface area contributed by atoms with E-state index in [0.29, 0.717) is 12.1 Å². The van der Waals surface area contributed by atoms with Crippen LogP contribution in [0.4, 0.5) is 35.1 Å². The van der Waals surface area contributed by atoms with Crippen molar-refractivity contribution in [1.82, 2.24) is 0 Å². The van der Waals surface area contributed by atoms with Crippen molar-refractivity contribution in [1.29, 1.82) is 0 Å². The summed E-state index contributed by atoms with van der Waals surface area (Å²) in [5.74, 6) is -1.89. The van der Waals surface area contributed by atoms with Crippen molar-refractivity contribution in [3.05, 3.63) is 28.8 Å². The lowest BCUT2D eigenvalue weighted by molar-refractivity contribution is -0.151. The average molecular weight is 308 g/mol. The van der Waals surface area contributed by atoms with Gasteiger partial charge in [-0.3, -0.25) is 0 Å². The number of halogens is 8. The Labute approximate surface area is 108 Å². The minimum Gasteiger partial charge on any atom is -0.434 e. The van der Waals surface area contributed by atoms with Crippen molar-refractivity contribution >= 4 is 0 Å². The molecule has 9 heteroatoms. The van der Waals surface area contributed by atoms with E-state index in [4.69, 9.17) is 0 Å². The maximum absolute atomic E-state index is 12.8. The summed E-state index contributed by atoms with van der Waals surface area (Å²) in [5.41, 5.74) is -4.27. The van der Waals surface area contributed by atoms with E-state index in [2.05, 4.69) is 4.74 Å². The Morgan fingerprint density at radius 3 is 1.90 bits per heavy atom. The van der Waals surface area contributed by atoms with E-state index in [1.165, 1.54) is 6.92 Å². The van der Waals surface area contributed by atoms with Gasteiger partial charge >= 0.3 is 19.0 Å². The number of rotatable bonds is 3. The molecule has 114 valence electrons. The molecule has 1 nitrogen and oxygen atoms in total. The summed E-state index contributed by atoms with van der Waals surface area (Å²) in [6, 6.07) is 0.899. The number of hydrogen-bond acceptors (Lipinski definition) is 1. The van der Waals surface area contributed by atoms with E-state index < -0.39 is 41.4 Å². The molecule has 0 saturated heterocycles. The fourth-order valence-electron chi connectivity index (χ4n) is 1.66. The Kier molecular flexibility index (Phi) is 4.50. The monoisotopic (exact) mass is 308 g/mol. The van der Waals surface area contributed by atoms with Gasteiger partial charge in [0.05, 0.1) is 5.56 Å². The Bertz CT molecular complexity index is 475. The van der Waals surface area contributed by atoms with Crippen LogP contribution in [0, 0.1) is 0 Å². The summed E-state index contributed by atoms with van der Waals surface area (Å²) in [7, 11) is 0. The van der Waals surface area contributed by atoms with Crippen LogP contribution in [-0.4, -0.2) is 6.61 Å². The van der Waals surface area contributed by atoms with E-state index in [9.17, 15) is 35.1 Å². The van der Waals surface area contributed by atoms with Crippen LogP contribution in [0.25, 0.3) is 0 Å². The molecule has 0 atom stereocenters. The zero-order chi connectivity index (χ0) is 15.7. The average Bonchev–Trinajstić information content (AvgIpc) is 2.24. The van der Waals surface area contributed by atoms with Crippen molar-refractivity contribution in [3.8, 4) is 5.75 Å². The second kappa shape index (κ2) is 5.45. The van der Waals surface area contributed by atoms with E-state index >= 15 is 0 Å². The second-order valence-electron chi connectivity index (χ2n) is 3.70. The zero-order valence-corrected chi connectivity index (χ0v) is 9.87. The van der Waals surface area contributed by atoms with E-state index in [1.54, 1.807) is 0 Å². The van der Waals surface area contributed by atoms with Gasteiger partial charge in [-0.25, -0.2) is 0 Å². The van der Waals surface area contributed by atoms with Gasteiger partial charge in [-0.05, 0) is 18.1 Å². The van der Waals surface area contributed by atoms with Crippen molar-refractivity contribution in [2.45, 2.75) is 32.3 Å². The summed E-state index contributed by atoms with van der Waals surface area (Å²) < 4.78 is 104. The fraction of sp³-hybridized carbons (Fsp3) is 0.455. The van der Waals surface area contributed by atoms with Crippen molar-refractivity contribution in [2.75, 3.05) is 0 Å². The summed E-state index contributed by atoms with van der Waals surface area (Å²) in [6.45, 7) is -2.55. The van der Waals surface area contributed by atoms with Crippen LogP contribution in [0.2, 0.25) is 0 Å². The number of benzene rings is 1. The Morgan fingerprint density at radius 2 is 1.55 bits per heavy atom. The second-order valence-corrected chi connectivity index (χ2v) is 3.70. The van der Waals surface area contributed by atoms with Gasteiger partial charge in [-0.2, -0.15) is 35.1 Å². The molecule has 0 fully saturated rings. The first-order valence-corrected chi connectivity index (χ1v) is 5.23. The first-order chi connectivity index (χ1) is 8.98. The van der Waals surface area contributed by atoms with Crippen molar-refractivity contribution in [2.24, 2.45) is 0 Å². The lowest BCUT2D eigenvalue weighted by Gasteiger charge is -2.21. The molecule has 20 heavy (non-hydrogen) atoms. The van der Waals surface area contributed by atoms with Gasteiger partial charge in [0.2, 0.25) is 0 Å². The molecule has 0 saturated carbocycles. The summed E-state index contributed by atoms with van der Waals surface area (Å²) >= 11 is 0. The molecule has 0 spiro atoms. The minimum atomic E-state index is -5.24. The largest absolute Gasteiger partial charge is 0.434 e. The predicted molar refractivity (Wildman–Crippen MR) is 52.5 cm³/mol. The van der Waals surface area contributed by atoms with E-state index in [0.717, 1.165) is 0 Å². The van der Waals surface area contributed by atoms with Gasteiger partial charge in [0.25, 0.3) is 0 Å². The van der Waals surface area contributed by atoms with Crippen molar-refractivity contribution in [3.63, 3.8) is 0 Å². The SMILES string of the molecule is CCc1ccc(C(F)(F)F)c(OC(F)F)c1C(F)(F)F. The number of ether oxygens (including phenoxy) is 1. The van der Waals surface area contributed by atoms with Crippen LogP contribution in [0.3, 0.4) is 0 Å². The first-order valence-electron chi connectivity index (χ1n) is 5.23. The summed E-state index contributed by atoms with van der Waals surface area (Å²) in [4.78, 5) is 0. The summed E-state index contributed by atoms with van der Waals surface area (Å²) in [5, 5.41) is 0. The molecule has 0 amide bonds. The Balaban J connectivity index is 3.66. The highest BCUT2D eigenvalue weighted by atomic mass is 19.4. The fourth-order valence-corrected chi connectivity index (χ4v) is 1.66. The number of aryl methyl sites for hydroxylation is 1. The van der Waals surface area contributed by atoms with Crippen molar-refractivity contribution < 1.29 is 39.9 Å². The number of hydrogen-bond donors (Lipinski definition) is 0. The quantitative estimate of drug-likeness (QED) is 0.723. The van der Waals surface area contributed by atoms with Crippen LogP contribution in [0.15, 0.2) is 12.1 Å². The highest BCUT2D eigenvalue weighted by Crippen LogP contribution is 2.46. The van der Waals surface area contributed by atoms with Gasteiger partial charge in [0.15, 0.2) is 5.75 Å². The molecule has 0 radical (unpaired) electrons. The molecule has 0 aromatic heterocycles. The molecule has 1 rings (SSSR count). The van der Waals surface area contributed by atoms with Gasteiger partial charge in [0.1, 0.15) is 5.56 Å². The lowest BCUT2D eigenvalue weighted by Crippen LogP contribution is -2.19. The standard InChI is InChI=1S/C11H8F8O/c1-2-5-3-4-6(10(14,15)16)8(20-9(12)13)7(5)11(17,18)19/h3-4,9H,2H2,1H3. The minimum absolute atomic E-state index is 0.285. The third-order valence-corrected chi connectivity index (χ3v) is 2.42.